The molecule has 0 saturated carbocycles. The average molecular weight is 505 g/mol. The summed E-state index contributed by atoms with van der Waals surface area (Å²) in [5, 5.41) is 0.342. The topological polar surface area (TPSA) is 68.3 Å². The number of fused-ring (bicyclic) bond motifs is 1. The Balaban J connectivity index is 1.48. The monoisotopic (exact) mass is 504 g/mol. The van der Waals surface area contributed by atoms with Crippen LogP contribution in [-0.4, -0.2) is 49.8 Å². The van der Waals surface area contributed by atoms with Gasteiger partial charge in [0.2, 0.25) is 5.91 Å². The Morgan fingerprint density at radius 1 is 1.18 bits per heavy atom. The van der Waals surface area contributed by atoms with Gasteiger partial charge in [-0.3, -0.25) is 19.4 Å². The Labute approximate surface area is 209 Å². The van der Waals surface area contributed by atoms with Crippen LogP contribution in [0.2, 0.25) is 5.02 Å². The summed E-state index contributed by atoms with van der Waals surface area (Å²) in [5.74, 6) is 1.10. The summed E-state index contributed by atoms with van der Waals surface area (Å²) in [6.45, 7) is 5.21. The first-order valence-corrected chi connectivity index (χ1v) is 12.6. The predicted octanol–water partition coefficient (Wildman–Crippen LogP) is 5.26. The van der Waals surface area contributed by atoms with Gasteiger partial charge in [0.15, 0.2) is 6.23 Å². The van der Waals surface area contributed by atoms with Crippen LogP contribution >= 0.6 is 23.4 Å². The molecule has 2 aromatic carbocycles. The number of rotatable bonds is 8. The maximum Gasteiger partial charge on any atom is 0.304 e. The Kier molecular flexibility index (Phi) is 7.91. The van der Waals surface area contributed by atoms with Crippen molar-refractivity contribution in [1.82, 2.24) is 4.90 Å². The van der Waals surface area contributed by atoms with Gasteiger partial charge in [-0.25, -0.2) is 0 Å². The number of likely N-dealkylation sites (tertiary alicyclic amines) is 1. The maximum absolute atomic E-state index is 12.6. The number of carbonyl (C=O) groups excluding carboxylic acids is 2. The summed E-state index contributed by atoms with van der Waals surface area (Å²) in [7, 11) is 1.62. The Morgan fingerprint density at radius 2 is 2.00 bits per heavy atom. The van der Waals surface area contributed by atoms with E-state index in [4.69, 9.17) is 25.8 Å². The molecule has 2 heterocycles. The molecule has 1 fully saturated rings. The fraction of sp³-hybridized carbons (Fsp3) is 0.440. The highest BCUT2D eigenvalue weighted by molar-refractivity contribution is 8.00. The lowest BCUT2D eigenvalue weighted by molar-refractivity contribution is -0.153. The van der Waals surface area contributed by atoms with Gasteiger partial charge in [-0.2, -0.15) is 0 Å². The summed E-state index contributed by atoms with van der Waals surface area (Å²) in [4.78, 5) is 28.9. The molecule has 0 aromatic heterocycles. The molecule has 0 radical (unpaired) electrons. The van der Waals surface area contributed by atoms with E-state index in [1.165, 1.54) is 6.92 Å². The van der Waals surface area contributed by atoms with Crippen LogP contribution in [0.5, 0.6) is 11.5 Å². The van der Waals surface area contributed by atoms with Crippen molar-refractivity contribution >= 4 is 40.9 Å². The van der Waals surface area contributed by atoms with Gasteiger partial charge in [-0.1, -0.05) is 23.4 Å². The summed E-state index contributed by atoms with van der Waals surface area (Å²) in [6.07, 6.45) is 2.53. The molecule has 2 aliphatic heterocycles. The van der Waals surface area contributed by atoms with E-state index >= 15 is 0 Å². The molecule has 0 bridgehead atoms. The molecule has 0 N–H and O–H groups in total. The van der Waals surface area contributed by atoms with Gasteiger partial charge in [0.05, 0.1) is 19.4 Å². The highest BCUT2D eigenvalue weighted by Crippen LogP contribution is 2.54. The molecular weight excluding hydrogens is 476 g/mol. The molecular formula is C25H29ClN2O5S. The highest BCUT2D eigenvalue weighted by Gasteiger charge is 2.36. The van der Waals surface area contributed by atoms with E-state index in [1.807, 2.05) is 30.3 Å². The number of carbonyl (C=O) groups is 2. The van der Waals surface area contributed by atoms with Gasteiger partial charge < -0.3 is 14.2 Å². The van der Waals surface area contributed by atoms with Gasteiger partial charge in [-0.05, 0) is 55.7 Å². The van der Waals surface area contributed by atoms with Crippen molar-refractivity contribution in [3.8, 4) is 11.5 Å². The number of hydrogen-bond acceptors (Lipinski definition) is 7. The number of ether oxygens (including phenoxy) is 3. The van der Waals surface area contributed by atoms with Crippen molar-refractivity contribution in [3.05, 3.63) is 47.0 Å². The molecule has 0 aliphatic carbocycles. The minimum absolute atomic E-state index is 0.0575. The third-order valence-electron chi connectivity index (χ3n) is 5.93. The number of thioether (sulfide) groups is 1. The van der Waals surface area contributed by atoms with E-state index in [9.17, 15) is 9.59 Å². The Morgan fingerprint density at radius 3 is 2.74 bits per heavy atom. The Hall–Kier alpha value is -2.42. The van der Waals surface area contributed by atoms with Crippen LogP contribution in [0, 0.1) is 0 Å². The number of nitrogens with zero attached hydrogens (tertiary/aromatic N) is 2. The van der Waals surface area contributed by atoms with Crippen LogP contribution in [-0.2, 0) is 14.3 Å². The standard InChI is InChI=1S/C25H29ClN2O5S/c1-16(29)28-21-9-7-18(26)14-23(21)34-25(28)20-15-19(31-3)8-10-22(20)32-13-5-12-27-11-4-6-24(27)33-17(2)30/h7-10,14-15,24-25H,4-6,11-13H2,1-3H3. The minimum Gasteiger partial charge on any atom is -0.497 e. The second kappa shape index (κ2) is 10.9. The van der Waals surface area contributed by atoms with E-state index in [0.29, 0.717) is 23.1 Å². The maximum atomic E-state index is 12.6. The van der Waals surface area contributed by atoms with Crippen molar-refractivity contribution < 1.29 is 23.8 Å². The van der Waals surface area contributed by atoms with Crippen molar-refractivity contribution in [2.24, 2.45) is 0 Å². The lowest BCUT2D eigenvalue weighted by atomic mass is 10.1. The molecule has 182 valence electrons. The summed E-state index contributed by atoms with van der Waals surface area (Å²) in [6, 6.07) is 11.2. The molecule has 1 saturated heterocycles. The van der Waals surface area contributed by atoms with E-state index < -0.39 is 0 Å². The van der Waals surface area contributed by atoms with Gasteiger partial charge in [-0.15, -0.1) is 0 Å². The lowest BCUT2D eigenvalue weighted by Crippen LogP contribution is -2.34. The molecule has 1 amide bonds. The fourth-order valence-electron chi connectivity index (χ4n) is 4.42. The molecule has 2 aromatic rings. The van der Waals surface area contributed by atoms with Crippen molar-refractivity contribution in [2.75, 3.05) is 31.7 Å². The van der Waals surface area contributed by atoms with Crippen LogP contribution in [0.4, 0.5) is 5.69 Å². The first-order valence-electron chi connectivity index (χ1n) is 11.4. The largest absolute Gasteiger partial charge is 0.497 e. The number of amides is 1. The second-order valence-electron chi connectivity index (χ2n) is 8.32. The number of esters is 1. The zero-order valence-corrected chi connectivity index (χ0v) is 21.2. The lowest BCUT2D eigenvalue weighted by Gasteiger charge is -2.26. The zero-order valence-electron chi connectivity index (χ0n) is 19.6. The van der Waals surface area contributed by atoms with Gasteiger partial charge >= 0.3 is 5.97 Å². The molecule has 9 heteroatoms. The molecule has 7 nitrogen and oxygen atoms in total. The smallest absolute Gasteiger partial charge is 0.304 e. The van der Waals surface area contributed by atoms with Gasteiger partial charge in [0.1, 0.15) is 16.9 Å². The molecule has 4 rings (SSSR count). The van der Waals surface area contributed by atoms with E-state index in [-0.39, 0.29) is 23.5 Å². The molecule has 2 aliphatic rings. The third-order valence-corrected chi connectivity index (χ3v) is 7.43. The average Bonchev–Trinajstić information content (AvgIpc) is 3.40. The molecule has 34 heavy (non-hydrogen) atoms. The highest BCUT2D eigenvalue weighted by atomic mass is 35.5. The third kappa shape index (κ3) is 5.45. The van der Waals surface area contributed by atoms with Gasteiger partial charge in [0.25, 0.3) is 0 Å². The zero-order chi connectivity index (χ0) is 24.2. The summed E-state index contributed by atoms with van der Waals surface area (Å²) < 4.78 is 17.1. The summed E-state index contributed by atoms with van der Waals surface area (Å²) in [5.41, 5.74) is 1.71. The van der Waals surface area contributed by atoms with Crippen LogP contribution < -0.4 is 14.4 Å². The van der Waals surface area contributed by atoms with Crippen LogP contribution in [0.1, 0.15) is 44.0 Å². The Bertz CT molecular complexity index is 1070. The van der Waals surface area contributed by atoms with E-state index in [1.54, 1.807) is 36.8 Å². The molecule has 0 spiro atoms. The number of anilines is 1. The van der Waals surface area contributed by atoms with Crippen LogP contribution in [0.3, 0.4) is 0 Å². The fourth-order valence-corrected chi connectivity index (χ4v) is 6.06. The number of halogens is 1. The normalized spacial score (nSPS) is 19.7. The first-order chi connectivity index (χ1) is 16.4. The number of methoxy groups -OCH3 is 1. The molecule has 2 unspecified atom stereocenters. The van der Waals surface area contributed by atoms with E-state index in [0.717, 1.165) is 48.5 Å². The number of benzene rings is 2. The van der Waals surface area contributed by atoms with Crippen molar-refractivity contribution in [2.45, 2.75) is 49.6 Å². The van der Waals surface area contributed by atoms with Gasteiger partial charge in [0, 0.05) is 42.4 Å². The minimum atomic E-state index is -0.289. The SMILES string of the molecule is COc1ccc(OCCCN2CCCC2OC(C)=O)c(C2Sc3cc(Cl)ccc3N2C(C)=O)c1. The van der Waals surface area contributed by atoms with E-state index in [2.05, 4.69) is 4.90 Å². The summed E-state index contributed by atoms with van der Waals surface area (Å²) >= 11 is 7.77. The predicted molar refractivity (Wildman–Crippen MR) is 133 cm³/mol. The van der Waals surface area contributed by atoms with Crippen molar-refractivity contribution in [1.29, 1.82) is 0 Å². The van der Waals surface area contributed by atoms with Crippen LogP contribution in [0.25, 0.3) is 0 Å². The number of hydrogen-bond donors (Lipinski definition) is 0. The first kappa shape index (κ1) is 24.7. The quantitative estimate of drug-likeness (QED) is 0.359. The molecule has 2 atom stereocenters. The van der Waals surface area contributed by atoms with Crippen LogP contribution in [0.15, 0.2) is 41.3 Å². The second-order valence-corrected chi connectivity index (χ2v) is 9.88. The van der Waals surface area contributed by atoms with Crippen molar-refractivity contribution in [3.63, 3.8) is 0 Å².